The van der Waals surface area contributed by atoms with Crippen molar-refractivity contribution in [3.8, 4) is 11.3 Å². The zero-order valence-electron chi connectivity index (χ0n) is 9.69. The van der Waals surface area contributed by atoms with E-state index >= 15 is 0 Å². The summed E-state index contributed by atoms with van der Waals surface area (Å²) in [5.41, 5.74) is 0.397. The van der Waals surface area contributed by atoms with Crippen LogP contribution >= 0.6 is 11.6 Å². The summed E-state index contributed by atoms with van der Waals surface area (Å²) in [7, 11) is 0. The summed E-state index contributed by atoms with van der Waals surface area (Å²) in [6, 6.07) is 12.2. The van der Waals surface area contributed by atoms with Crippen LogP contribution in [0, 0.1) is 5.82 Å². The molecule has 0 amide bonds. The van der Waals surface area contributed by atoms with E-state index in [1.54, 1.807) is 30.3 Å². The van der Waals surface area contributed by atoms with Gasteiger partial charge in [0.1, 0.15) is 17.2 Å². The molecule has 1 aromatic heterocycles. The van der Waals surface area contributed by atoms with Crippen LogP contribution in [0.1, 0.15) is 0 Å². The maximum absolute atomic E-state index is 13.7. The van der Waals surface area contributed by atoms with Crippen molar-refractivity contribution in [3.63, 3.8) is 0 Å². The predicted octanol–water partition coefficient (Wildman–Crippen LogP) is 4.25. The van der Waals surface area contributed by atoms with Gasteiger partial charge in [-0.25, -0.2) is 4.39 Å². The maximum atomic E-state index is 13.7. The van der Waals surface area contributed by atoms with Crippen molar-refractivity contribution in [3.05, 3.63) is 69.6 Å². The lowest BCUT2D eigenvalue weighted by Crippen LogP contribution is -2.00. The molecule has 0 saturated carbocycles. The first-order valence-corrected chi connectivity index (χ1v) is 6.01. The SMILES string of the molecule is O=c1cc(-c2ccccc2F)oc2ccc(Cl)cc12. The van der Waals surface area contributed by atoms with Crippen molar-refractivity contribution in [2.45, 2.75) is 0 Å². The average molecular weight is 275 g/mol. The van der Waals surface area contributed by atoms with Crippen LogP contribution in [0.25, 0.3) is 22.3 Å². The van der Waals surface area contributed by atoms with Crippen molar-refractivity contribution in [1.82, 2.24) is 0 Å². The van der Waals surface area contributed by atoms with Crippen molar-refractivity contribution in [2.24, 2.45) is 0 Å². The summed E-state index contributed by atoms with van der Waals surface area (Å²) in [6.07, 6.45) is 0. The molecule has 3 rings (SSSR count). The van der Waals surface area contributed by atoms with E-state index in [9.17, 15) is 9.18 Å². The molecule has 0 spiro atoms. The van der Waals surface area contributed by atoms with Crippen LogP contribution in [-0.2, 0) is 0 Å². The molecule has 0 atom stereocenters. The molecule has 19 heavy (non-hydrogen) atoms. The Morgan fingerprint density at radius 3 is 2.63 bits per heavy atom. The van der Waals surface area contributed by atoms with Crippen molar-refractivity contribution >= 4 is 22.6 Å². The standard InChI is InChI=1S/C15H8ClFO2/c16-9-5-6-14-11(7-9)13(18)8-15(19-14)10-3-1-2-4-12(10)17/h1-8H. The van der Waals surface area contributed by atoms with Gasteiger partial charge in [0.25, 0.3) is 0 Å². The molecule has 4 heteroatoms. The molecule has 0 aliphatic heterocycles. The Bertz CT molecular complexity index is 824. The summed E-state index contributed by atoms with van der Waals surface area (Å²) < 4.78 is 19.3. The third-order valence-corrected chi connectivity index (χ3v) is 3.06. The van der Waals surface area contributed by atoms with Crippen LogP contribution in [0.3, 0.4) is 0 Å². The normalized spacial score (nSPS) is 10.8. The molecule has 0 aliphatic carbocycles. The molecule has 1 heterocycles. The fourth-order valence-electron chi connectivity index (χ4n) is 1.92. The van der Waals surface area contributed by atoms with E-state index in [1.807, 2.05) is 0 Å². The van der Waals surface area contributed by atoms with E-state index in [0.29, 0.717) is 16.0 Å². The number of hydrogen-bond donors (Lipinski definition) is 0. The second-order valence-corrected chi connectivity index (χ2v) is 4.53. The van der Waals surface area contributed by atoms with Crippen LogP contribution in [0.4, 0.5) is 4.39 Å². The zero-order valence-corrected chi connectivity index (χ0v) is 10.4. The van der Waals surface area contributed by atoms with E-state index in [1.165, 1.54) is 18.2 Å². The van der Waals surface area contributed by atoms with Crippen LogP contribution in [0.5, 0.6) is 0 Å². The van der Waals surface area contributed by atoms with E-state index in [4.69, 9.17) is 16.0 Å². The van der Waals surface area contributed by atoms with Crippen LogP contribution in [0.15, 0.2) is 57.7 Å². The van der Waals surface area contributed by atoms with E-state index < -0.39 is 5.82 Å². The highest BCUT2D eigenvalue weighted by Crippen LogP contribution is 2.25. The molecular formula is C15H8ClFO2. The minimum Gasteiger partial charge on any atom is -0.456 e. The molecule has 2 nitrogen and oxygen atoms in total. The van der Waals surface area contributed by atoms with Gasteiger partial charge in [0.05, 0.1) is 10.9 Å². The van der Waals surface area contributed by atoms with Crippen LogP contribution in [-0.4, -0.2) is 0 Å². The highest BCUT2D eigenvalue weighted by molar-refractivity contribution is 6.31. The minimum atomic E-state index is -0.432. The summed E-state index contributed by atoms with van der Waals surface area (Å²) >= 11 is 5.83. The summed E-state index contributed by atoms with van der Waals surface area (Å²) in [4.78, 5) is 12.0. The lowest BCUT2D eigenvalue weighted by atomic mass is 10.1. The molecule has 0 saturated heterocycles. The van der Waals surface area contributed by atoms with Crippen LogP contribution in [0.2, 0.25) is 5.02 Å². The number of benzene rings is 2. The molecule has 0 fully saturated rings. The Kier molecular flexibility index (Phi) is 2.84. The number of rotatable bonds is 1. The Morgan fingerprint density at radius 1 is 1.05 bits per heavy atom. The summed E-state index contributed by atoms with van der Waals surface area (Å²) in [5.74, 6) is -0.225. The van der Waals surface area contributed by atoms with Gasteiger partial charge in [0.2, 0.25) is 0 Å². The van der Waals surface area contributed by atoms with Crippen LogP contribution < -0.4 is 5.43 Å². The first-order valence-electron chi connectivity index (χ1n) is 5.63. The van der Waals surface area contributed by atoms with Gasteiger partial charge in [-0.05, 0) is 30.3 Å². The van der Waals surface area contributed by atoms with Crippen molar-refractivity contribution in [2.75, 3.05) is 0 Å². The Hall–Kier alpha value is -2.13. The smallest absolute Gasteiger partial charge is 0.193 e. The molecule has 3 aromatic rings. The van der Waals surface area contributed by atoms with E-state index in [-0.39, 0.29) is 16.8 Å². The third kappa shape index (κ3) is 2.13. The first-order chi connectivity index (χ1) is 9.15. The summed E-state index contributed by atoms with van der Waals surface area (Å²) in [6.45, 7) is 0. The molecule has 0 bridgehead atoms. The highest BCUT2D eigenvalue weighted by atomic mass is 35.5. The van der Waals surface area contributed by atoms with Gasteiger partial charge in [0, 0.05) is 11.1 Å². The quantitative estimate of drug-likeness (QED) is 0.664. The number of halogens is 2. The fourth-order valence-corrected chi connectivity index (χ4v) is 2.09. The zero-order chi connectivity index (χ0) is 13.4. The van der Waals surface area contributed by atoms with Gasteiger partial charge < -0.3 is 4.42 Å². The molecule has 0 aliphatic rings. The molecular weight excluding hydrogens is 267 g/mol. The first kappa shape index (κ1) is 11.9. The second-order valence-electron chi connectivity index (χ2n) is 4.10. The minimum absolute atomic E-state index is 0.206. The van der Waals surface area contributed by atoms with Gasteiger partial charge in [-0.2, -0.15) is 0 Å². The topological polar surface area (TPSA) is 30.2 Å². The molecule has 0 radical (unpaired) electrons. The van der Waals surface area contributed by atoms with Crippen molar-refractivity contribution < 1.29 is 8.81 Å². The Balaban J connectivity index is 2.31. The number of hydrogen-bond acceptors (Lipinski definition) is 2. The average Bonchev–Trinajstić information content (AvgIpc) is 2.40. The molecule has 0 N–H and O–H groups in total. The maximum Gasteiger partial charge on any atom is 0.193 e. The van der Waals surface area contributed by atoms with Crippen molar-refractivity contribution in [1.29, 1.82) is 0 Å². The highest BCUT2D eigenvalue weighted by Gasteiger charge is 2.10. The van der Waals surface area contributed by atoms with Gasteiger partial charge >= 0.3 is 0 Å². The molecule has 94 valence electrons. The molecule has 2 aromatic carbocycles. The second kappa shape index (κ2) is 4.52. The predicted molar refractivity (Wildman–Crippen MR) is 72.9 cm³/mol. The van der Waals surface area contributed by atoms with Gasteiger partial charge in [-0.3, -0.25) is 4.79 Å². The Morgan fingerprint density at radius 2 is 1.84 bits per heavy atom. The lowest BCUT2D eigenvalue weighted by molar-refractivity contribution is 0.594. The third-order valence-electron chi connectivity index (χ3n) is 2.83. The van der Waals surface area contributed by atoms with Gasteiger partial charge in [-0.15, -0.1) is 0 Å². The number of fused-ring (bicyclic) bond motifs is 1. The summed E-state index contributed by atoms with van der Waals surface area (Å²) in [5, 5.41) is 0.839. The largest absolute Gasteiger partial charge is 0.456 e. The van der Waals surface area contributed by atoms with Gasteiger partial charge in [-0.1, -0.05) is 23.7 Å². The van der Waals surface area contributed by atoms with E-state index in [2.05, 4.69) is 0 Å². The van der Waals surface area contributed by atoms with E-state index in [0.717, 1.165) is 0 Å². The van der Waals surface area contributed by atoms with Gasteiger partial charge in [0.15, 0.2) is 5.43 Å². The Labute approximate surface area is 113 Å². The molecule has 0 unspecified atom stereocenters. The monoisotopic (exact) mass is 274 g/mol. The fraction of sp³-hybridized carbons (Fsp3) is 0. The lowest BCUT2D eigenvalue weighted by Gasteiger charge is -2.04.